The first-order chi connectivity index (χ1) is 10.7. The van der Waals surface area contributed by atoms with Gasteiger partial charge in [0.1, 0.15) is 5.75 Å². The highest BCUT2D eigenvalue weighted by molar-refractivity contribution is 6.02. The molecule has 1 spiro atoms. The normalized spacial score (nSPS) is 21.9. The number of hydrogen-bond acceptors (Lipinski definition) is 3. The summed E-state index contributed by atoms with van der Waals surface area (Å²) in [7, 11) is 0. The summed E-state index contributed by atoms with van der Waals surface area (Å²) in [5.41, 5.74) is 3.57. The van der Waals surface area contributed by atoms with Crippen LogP contribution in [0.5, 0.6) is 5.75 Å². The highest BCUT2D eigenvalue weighted by atomic mass is 16.3. The monoisotopic (exact) mass is 294 g/mol. The molecule has 0 unspecified atom stereocenters. The SMILES string of the molecule is O=C(N/N=C/c1c(O)ccc2ccccc12)[C@@H]1CC12CCC2. The standard InChI is InChI=1S/C18H18N2O2/c21-16-7-6-12-4-1-2-5-13(12)14(16)11-19-20-17(22)15-10-18(15)8-3-9-18/h1-2,4-7,11,15,21H,3,8-10H2,(H,20,22)/b19-11+/t15-/m0/s1. The van der Waals surface area contributed by atoms with Crippen LogP contribution in [0.4, 0.5) is 0 Å². The molecule has 0 bridgehead atoms. The fourth-order valence-corrected chi connectivity index (χ4v) is 3.56. The van der Waals surface area contributed by atoms with Crippen LogP contribution < -0.4 is 5.43 Å². The first kappa shape index (κ1) is 13.3. The number of nitrogens with zero attached hydrogens (tertiary/aromatic N) is 1. The molecule has 0 saturated heterocycles. The van der Waals surface area contributed by atoms with E-state index in [2.05, 4.69) is 10.5 Å². The number of carbonyl (C=O) groups is 1. The second-order valence-corrected chi connectivity index (χ2v) is 6.43. The zero-order chi connectivity index (χ0) is 15.2. The lowest BCUT2D eigenvalue weighted by molar-refractivity contribution is -0.123. The van der Waals surface area contributed by atoms with Gasteiger partial charge in [-0.2, -0.15) is 5.10 Å². The molecule has 0 aromatic heterocycles. The van der Waals surface area contributed by atoms with Gasteiger partial charge in [0.15, 0.2) is 0 Å². The molecule has 2 saturated carbocycles. The third-order valence-electron chi connectivity index (χ3n) is 5.17. The summed E-state index contributed by atoms with van der Waals surface area (Å²) in [6.45, 7) is 0. The minimum atomic E-state index is 0.00989. The number of phenols is 1. The molecule has 0 radical (unpaired) electrons. The maximum atomic E-state index is 12.1. The number of phenolic OH excluding ortho intramolecular Hbond substituents is 1. The predicted octanol–water partition coefficient (Wildman–Crippen LogP) is 3.19. The van der Waals surface area contributed by atoms with Crippen LogP contribution in [0.2, 0.25) is 0 Å². The summed E-state index contributed by atoms with van der Waals surface area (Å²) in [6, 6.07) is 11.3. The number of rotatable bonds is 3. The topological polar surface area (TPSA) is 61.7 Å². The van der Waals surface area contributed by atoms with Crippen molar-refractivity contribution in [3.63, 3.8) is 0 Å². The summed E-state index contributed by atoms with van der Waals surface area (Å²) >= 11 is 0. The number of amides is 1. The van der Waals surface area contributed by atoms with E-state index in [1.165, 1.54) is 25.5 Å². The molecule has 2 aromatic carbocycles. The number of carbonyl (C=O) groups excluding carboxylic acids is 1. The third kappa shape index (κ3) is 2.06. The van der Waals surface area contributed by atoms with E-state index in [4.69, 9.17) is 0 Å². The van der Waals surface area contributed by atoms with Crippen LogP contribution in [0.15, 0.2) is 41.5 Å². The first-order valence-electron chi connectivity index (χ1n) is 7.73. The van der Waals surface area contributed by atoms with Crippen molar-refractivity contribution in [3.05, 3.63) is 42.0 Å². The molecule has 4 nitrogen and oxygen atoms in total. The van der Waals surface area contributed by atoms with E-state index in [0.29, 0.717) is 11.0 Å². The van der Waals surface area contributed by atoms with Crippen molar-refractivity contribution in [2.24, 2.45) is 16.4 Å². The van der Waals surface area contributed by atoms with Crippen LogP contribution >= 0.6 is 0 Å². The average Bonchev–Trinajstić information content (AvgIpc) is 3.25. The lowest BCUT2D eigenvalue weighted by atomic mass is 9.80. The van der Waals surface area contributed by atoms with Crippen LogP contribution in [-0.2, 0) is 4.79 Å². The minimum absolute atomic E-state index is 0.00989. The van der Waals surface area contributed by atoms with Gasteiger partial charge in [-0.3, -0.25) is 4.79 Å². The van der Waals surface area contributed by atoms with Gasteiger partial charge >= 0.3 is 0 Å². The molecule has 2 fully saturated rings. The lowest BCUT2D eigenvalue weighted by Gasteiger charge is -2.25. The number of hydrogen-bond donors (Lipinski definition) is 2. The quantitative estimate of drug-likeness (QED) is 0.674. The zero-order valence-corrected chi connectivity index (χ0v) is 12.2. The number of hydrazone groups is 1. The van der Waals surface area contributed by atoms with Crippen LogP contribution in [0.25, 0.3) is 10.8 Å². The van der Waals surface area contributed by atoms with Crippen molar-refractivity contribution < 1.29 is 9.90 Å². The fourth-order valence-electron chi connectivity index (χ4n) is 3.56. The Balaban J connectivity index is 1.51. The molecule has 2 aromatic rings. The van der Waals surface area contributed by atoms with Gasteiger partial charge in [-0.05, 0) is 41.5 Å². The van der Waals surface area contributed by atoms with E-state index in [9.17, 15) is 9.90 Å². The van der Waals surface area contributed by atoms with Crippen molar-refractivity contribution in [2.45, 2.75) is 25.7 Å². The van der Waals surface area contributed by atoms with Crippen LogP contribution in [-0.4, -0.2) is 17.2 Å². The number of nitrogens with one attached hydrogen (secondary N) is 1. The van der Waals surface area contributed by atoms with Gasteiger partial charge in [-0.15, -0.1) is 0 Å². The Morgan fingerprint density at radius 1 is 1.27 bits per heavy atom. The summed E-state index contributed by atoms with van der Waals surface area (Å²) in [5, 5.41) is 16.0. The highest BCUT2D eigenvalue weighted by Crippen LogP contribution is 2.65. The van der Waals surface area contributed by atoms with Crippen molar-refractivity contribution in [2.75, 3.05) is 0 Å². The van der Waals surface area contributed by atoms with Gasteiger partial charge in [-0.25, -0.2) is 5.43 Å². The Kier molecular flexibility index (Phi) is 2.93. The molecular formula is C18H18N2O2. The first-order valence-corrected chi connectivity index (χ1v) is 7.73. The molecule has 2 N–H and O–H groups in total. The van der Waals surface area contributed by atoms with Crippen molar-refractivity contribution >= 4 is 22.9 Å². The molecule has 4 heteroatoms. The lowest BCUT2D eigenvalue weighted by Crippen LogP contribution is -2.26. The van der Waals surface area contributed by atoms with Crippen molar-refractivity contribution in [1.82, 2.24) is 5.43 Å². The van der Waals surface area contributed by atoms with Crippen molar-refractivity contribution in [3.8, 4) is 5.75 Å². The summed E-state index contributed by atoms with van der Waals surface area (Å²) < 4.78 is 0. The molecule has 0 aliphatic heterocycles. The Morgan fingerprint density at radius 2 is 2.09 bits per heavy atom. The van der Waals surface area contributed by atoms with Gasteiger partial charge in [-0.1, -0.05) is 36.8 Å². The molecule has 4 rings (SSSR count). The van der Waals surface area contributed by atoms with E-state index in [1.807, 2.05) is 30.3 Å². The number of benzene rings is 2. The fraction of sp³-hybridized carbons (Fsp3) is 0.333. The average molecular weight is 294 g/mol. The van der Waals surface area contributed by atoms with E-state index in [1.54, 1.807) is 6.07 Å². The molecule has 2 aliphatic carbocycles. The summed E-state index contributed by atoms with van der Waals surface area (Å²) in [4.78, 5) is 12.1. The molecule has 2 aliphatic rings. The number of fused-ring (bicyclic) bond motifs is 1. The Hall–Kier alpha value is -2.36. The van der Waals surface area contributed by atoms with Gasteiger partial charge in [0.05, 0.1) is 6.21 Å². The minimum Gasteiger partial charge on any atom is -0.507 e. The van der Waals surface area contributed by atoms with Crippen LogP contribution in [0.3, 0.4) is 0 Å². The third-order valence-corrected chi connectivity index (χ3v) is 5.17. The van der Waals surface area contributed by atoms with Crippen molar-refractivity contribution in [1.29, 1.82) is 0 Å². The smallest absolute Gasteiger partial charge is 0.243 e. The molecule has 1 atom stereocenters. The Morgan fingerprint density at radius 3 is 2.82 bits per heavy atom. The maximum absolute atomic E-state index is 12.1. The maximum Gasteiger partial charge on any atom is 0.243 e. The summed E-state index contributed by atoms with van der Waals surface area (Å²) in [6.07, 6.45) is 6.15. The zero-order valence-electron chi connectivity index (χ0n) is 12.2. The van der Waals surface area contributed by atoms with E-state index < -0.39 is 0 Å². The van der Waals surface area contributed by atoms with Gasteiger partial charge < -0.3 is 5.11 Å². The summed E-state index contributed by atoms with van der Waals surface area (Å²) in [5.74, 6) is 0.314. The molecule has 112 valence electrons. The predicted molar refractivity (Wildman–Crippen MR) is 85.7 cm³/mol. The Labute approximate surface area is 128 Å². The van der Waals surface area contributed by atoms with E-state index in [-0.39, 0.29) is 17.6 Å². The van der Waals surface area contributed by atoms with Gasteiger partial charge in [0, 0.05) is 11.5 Å². The molecular weight excluding hydrogens is 276 g/mol. The van der Waals surface area contributed by atoms with Crippen LogP contribution in [0, 0.1) is 11.3 Å². The molecule has 22 heavy (non-hydrogen) atoms. The van der Waals surface area contributed by atoms with Crippen LogP contribution in [0.1, 0.15) is 31.2 Å². The Bertz CT molecular complexity index is 778. The second kappa shape index (κ2) is 4.83. The van der Waals surface area contributed by atoms with Gasteiger partial charge in [0.2, 0.25) is 5.91 Å². The van der Waals surface area contributed by atoms with E-state index in [0.717, 1.165) is 17.2 Å². The van der Waals surface area contributed by atoms with E-state index >= 15 is 0 Å². The second-order valence-electron chi connectivity index (χ2n) is 6.43. The molecule has 0 heterocycles. The largest absolute Gasteiger partial charge is 0.507 e. The number of aromatic hydroxyl groups is 1. The molecule has 1 amide bonds. The van der Waals surface area contributed by atoms with Gasteiger partial charge in [0.25, 0.3) is 0 Å². The highest BCUT2D eigenvalue weighted by Gasteiger charge is 2.60.